The van der Waals surface area contributed by atoms with Gasteiger partial charge in [0, 0.05) is 7.11 Å². The minimum atomic E-state index is 0.444. The average molecular weight is 158 g/mol. The first-order valence-electron chi connectivity index (χ1n) is 4.73. The molecule has 0 N–H and O–H groups in total. The second-order valence-corrected chi connectivity index (χ2v) is 3.49. The molecule has 1 nitrogen and oxygen atoms in total. The minimum absolute atomic E-state index is 0.444. The molecule has 2 atom stereocenters. The van der Waals surface area contributed by atoms with Crippen LogP contribution in [0, 0.1) is 5.92 Å². The molecular formula is C10H22O. The topological polar surface area (TPSA) is 9.23 Å². The minimum Gasteiger partial charge on any atom is -0.382 e. The molecule has 0 heterocycles. The van der Waals surface area contributed by atoms with E-state index in [9.17, 15) is 0 Å². The summed E-state index contributed by atoms with van der Waals surface area (Å²) in [5.74, 6) is 0.888. The Labute approximate surface area is 71.1 Å². The van der Waals surface area contributed by atoms with E-state index in [0.29, 0.717) is 6.10 Å². The molecule has 2 unspecified atom stereocenters. The molecule has 0 aliphatic carbocycles. The predicted molar refractivity (Wildman–Crippen MR) is 49.8 cm³/mol. The number of hydrogen-bond donors (Lipinski definition) is 0. The molecule has 0 amide bonds. The quantitative estimate of drug-likeness (QED) is 0.576. The molecule has 0 aliphatic rings. The van der Waals surface area contributed by atoms with E-state index in [1.54, 1.807) is 7.11 Å². The van der Waals surface area contributed by atoms with Crippen LogP contribution >= 0.6 is 0 Å². The third-order valence-electron chi connectivity index (χ3n) is 2.41. The Bertz CT molecular complexity index is 70.9. The summed E-state index contributed by atoms with van der Waals surface area (Å²) in [7, 11) is 1.79. The summed E-state index contributed by atoms with van der Waals surface area (Å²) >= 11 is 0. The van der Waals surface area contributed by atoms with Crippen LogP contribution in [0.5, 0.6) is 0 Å². The summed E-state index contributed by atoms with van der Waals surface area (Å²) < 4.78 is 5.17. The molecule has 0 aliphatic heterocycles. The first-order valence-corrected chi connectivity index (χ1v) is 4.73. The van der Waals surface area contributed by atoms with Gasteiger partial charge in [0.05, 0.1) is 6.10 Å². The number of hydrogen-bond acceptors (Lipinski definition) is 1. The van der Waals surface area contributed by atoms with E-state index in [4.69, 9.17) is 4.74 Å². The summed E-state index contributed by atoms with van der Waals surface area (Å²) in [6.45, 7) is 6.71. The van der Waals surface area contributed by atoms with Crippen molar-refractivity contribution in [2.75, 3.05) is 7.11 Å². The van der Waals surface area contributed by atoms with Crippen molar-refractivity contribution in [3.05, 3.63) is 0 Å². The van der Waals surface area contributed by atoms with Crippen LogP contribution in [-0.2, 0) is 4.74 Å². The third kappa shape index (κ3) is 6.36. The summed E-state index contributed by atoms with van der Waals surface area (Å²) in [6.07, 6.45) is 5.62. The second kappa shape index (κ2) is 6.66. The molecule has 0 aromatic rings. The van der Waals surface area contributed by atoms with Crippen LogP contribution in [0.25, 0.3) is 0 Å². The highest BCUT2D eigenvalue weighted by molar-refractivity contribution is 4.54. The van der Waals surface area contributed by atoms with E-state index in [0.717, 1.165) is 5.92 Å². The van der Waals surface area contributed by atoms with Crippen molar-refractivity contribution < 1.29 is 4.74 Å². The van der Waals surface area contributed by atoms with Gasteiger partial charge in [-0.2, -0.15) is 0 Å². The smallest absolute Gasteiger partial charge is 0.0543 e. The van der Waals surface area contributed by atoms with E-state index in [1.807, 2.05) is 0 Å². The summed E-state index contributed by atoms with van der Waals surface area (Å²) in [5, 5.41) is 0. The van der Waals surface area contributed by atoms with Gasteiger partial charge >= 0.3 is 0 Å². The molecule has 0 aromatic heterocycles. The van der Waals surface area contributed by atoms with Gasteiger partial charge in [0.2, 0.25) is 0 Å². The Morgan fingerprint density at radius 3 is 2.27 bits per heavy atom. The van der Waals surface area contributed by atoms with Crippen molar-refractivity contribution in [2.45, 2.75) is 52.6 Å². The molecule has 0 rings (SSSR count). The van der Waals surface area contributed by atoms with Crippen LogP contribution in [0.4, 0.5) is 0 Å². The van der Waals surface area contributed by atoms with E-state index in [-0.39, 0.29) is 0 Å². The average Bonchev–Trinajstić information content (AvgIpc) is 2.04. The van der Waals surface area contributed by atoms with Crippen molar-refractivity contribution in [2.24, 2.45) is 5.92 Å². The molecule has 0 fully saturated rings. The maximum atomic E-state index is 5.17. The maximum Gasteiger partial charge on any atom is 0.0543 e. The lowest BCUT2D eigenvalue weighted by Crippen LogP contribution is -2.05. The van der Waals surface area contributed by atoms with E-state index in [1.165, 1.54) is 25.7 Å². The van der Waals surface area contributed by atoms with Crippen molar-refractivity contribution >= 4 is 0 Å². The molecule has 0 saturated heterocycles. The highest BCUT2D eigenvalue weighted by Gasteiger charge is 2.01. The lowest BCUT2D eigenvalue weighted by molar-refractivity contribution is 0.107. The van der Waals surface area contributed by atoms with Crippen molar-refractivity contribution in [3.63, 3.8) is 0 Å². The summed E-state index contributed by atoms with van der Waals surface area (Å²) in [4.78, 5) is 0. The van der Waals surface area contributed by atoms with Crippen LogP contribution in [-0.4, -0.2) is 13.2 Å². The first kappa shape index (κ1) is 11.0. The molecule has 0 saturated carbocycles. The fraction of sp³-hybridized carbons (Fsp3) is 1.00. The van der Waals surface area contributed by atoms with Crippen LogP contribution in [0.3, 0.4) is 0 Å². The Hall–Kier alpha value is -0.0400. The normalized spacial score (nSPS) is 16.4. The van der Waals surface area contributed by atoms with Gasteiger partial charge in [-0.15, -0.1) is 0 Å². The van der Waals surface area contributed by atoms with Crippen LogP contribution < -0.4 is 0 Å². The van der Waals surface area contributed by atoms with Gasteiger partial charge in [0.1, 0.15) is 0 Å². The van der Waals surface area contributed by atoms with Gasteiger partial charge in [-0.3, -0.25) is 0 Å². The molecule has 0 radical (unpaired) electrons. The lowest BCUT2D eigenvalue weighted by Gasteiger charge is -2.11. The third-order valence-corrected chi connectivity index (χ3v) is 2.41. The fourth-order valence-corrected chi connectivity index (χ4v) is 1.08. The zero-order valence-corrected chi connectivity index (χ0v) is 8.39. The highest BCUT2D eigenvalue weighted by Crippen LogP contribution is 2.12. The van der Waals surface area contributed by atoms with Crippen LogP contribution in [0.1, 0.15) is 46.5 Å². The monoisotopic (exact) mass is 158 g/mol. The van der Waals surface area contributed by atoms with Gasteiger partial charge in [-0.25, -0.2) is 0 Å². The largest absolute Gasteiger partial charge is 0.382 e. The van der Waals surface area contributed by atoms with E-state index in [2.05, 4.69) is 20.8 Å². The SMILES string of the molecule is CCC(C)CCCC(C)OC. The van der Waals surface area contributed by atoms with Crippen LogP contribution in [0.2, 0.25) is 0 Å². The van der Waals surface area contributed by atoms with E-state index < -0.39 is 0 Å². The zero-order chi connectivity index (χ0) is 8.69. The second-order valence-electron chi connectivity index (χ2n) is 3.49. The van der Waals surface area contributed by atoms with Gasteiger partial charge in [0.15, 0.2) is 0 Å². The van der Waals surface area contributed by atoms with Crippen LogP contribution in [0.15, 0.2) is 0 Å². The predicted octanol–water partition coefficient (Wildman–Crippen LogP) is 3.24. The fourth-order valence-electron chi connectivity index (χ4n) is 1.08. The first-order chi connectivity index (χ1) is 5.20. The summed E-state index contributed by atoms with van der Waals surface area (Å²) in [6, 6.07) is 0. The maximum absolute atomic E-state index is 5.17. The van der Waals surface area contributed by atoms with Gasteiger partial charge < -0.3 is 4.74 Å². The molecule has 1 heteroatoms. The zero-order valence-electron chi connectivity index (χ0n) is 8.39. The molecule has 68 valence electrons. The lowest BCUT2D eigenvalue weighted by atomic mass is 10.0. The van der Waals surface area contributed by atoms with Gasteiger partial charge in [-0.05, 0) is 19.3 Å². The molecule has 0 spiro atoms. The number of ether oxygens (including phenoxy) is 1. The molecular weight excluding hydrogens is 136 g/mol. The van der Waals surface area contributed by atoms with E-state index >= 15 is 0 Å². The van der Waals surface area contributed by atoms with Crippen molar-refractivity contribution in [3.8, 4) is 0 Å². The Morgan fingerprint density at radius 1 is 1.18 bits per heavy atom. The molecule has 11 heavy (non-hydrogen) atoms. The highest BCUT2D eigenvalue weighted by atomic mass is 16.5. The molecule has 0 bridgehead atoms. The standard InChI is InChI=1S/C10H22O/c1-5-9(2)7-6-8-10(3)11-4/h9-10H,5-8H2,1-4H3. The number of rotatable bonds is 6. The Morgan fingerprint density at radius 2 is 1.82 bits per heavy atom. The molecule has 0 aromatic carbocycles. The van der Waals surface area contributed by atoms with Crippen molar-refractivity contribution in [1.29, 1.82) is 0 Å². The van der Waals surface area contributed by atoms with Crippen molar-refractivity contribution in [1.82, 2.24) is 0 Å². The van der Waals surface area contributed by atoms with Gasteiger partial charge in [-0.1, -0.05) is 33.1 Å². The summed E-state index contributed by atoms with van der Waals surface area (Å²) in [5.41, 5.74) is 0. The number of methoxy groups -OCH3 is 1. The van der Waals surface area contributed by atoms with Gasteiger partial charge in [0.25, 0.3) is 0 Å². The Kier molecular flexibility index (Phi) is 6.63. The Balaban J connectivity index is 3.13.